The first kappa shape index (κ1) is 23.5. The molecule has 11 atom stereocenters. The van der Waals surface area contributed by atoms with Gasteiger partial charge in [-0.1, -0.05) is 0 Å². The smallest absolute Gasteiger partial charge is 0.404 e. The molecule has 2 rings (SSSR count). The molecular weight excluding hydrogens is 400 g/mol. The number of carbonyl (C=O) groups is 1. The van der Waals surface area contributed by atoms with Gasteiger partial charge in [-0.25, -0.2) is 9.79 Å². The van der Waals surface area contributed by atoms with Crippen molar-refractivity contribution in [1.29, 1.82) is 0 Å². The maximum atomic E-state index is 10.9. The number of hydrogen-bond acceptors (Lipinski definition) is 12. The number of aliphatic hydroxyl groups is 7. The molecule has 2 aliphatic rings. The van der Waals surface area contributed by atoms with Crippen LogP contribution in [0.25, 0.3) is 0 Å². The summed E-state index contributed by atoms with van der Waals surface area (Å²) in [5, 5.41) is 70.5. The van der Waals surface area contributed by atoms with Gasteiger partial charge in [-0.2, -0.15) is 0 Å². The zero-order chi connectivity index (χ0) is 22.0. The van der Waals surface area contributed by atoms with Crippen LogP contribution in [0.1, 0.15) is 0 Å². The SMILES string of the molecule is NC(=O)OC1[C@H](O)[C@H](O)C(O[C@H]2O[C@H](CO)[C@@H](O)[C@H](N=C(N)N)[C@@H]2O)[C@H](O)[C@H]1O. The molecule has 168 valence electrons. The van der Waals surface area contributed by atoms with Crippen molar-refractivity contribution in [2.24, 2.45) is 22.2 Å². The quantitative estimate of drug-likeness (QED) is 0.145. The summed E-state index contributed by atoms with van der Waals surface area (Å²) >= 11 is 0. The van der Waals surface area contributed by atoms with Gasteiger partial charge in [0, 0.05) is 0 Å². The van der Waals surface area contributed by atoms with Gasteiger partial charge in [0.25, 0.3) is 0 Å². The molecule has 15 heteroatoms. The van der Waals surface area contributed by atoms with Crippen LogP contribution in [0.5, 0.6) is 0 Å². The number of ether oxygens (including phenoxy) is 3. The Hall–Kier alpha value is -1.82. The minimum atomic E-state index is -1.92. The van der Waals surface area contributed by atoms with Crippen molar-refractivity contribution in [2.75, 3.05) is 6.61 Å². The number of amides is 1. The average molecular weight is 426 g/mol. The van der Waals surface area contributed by atoms with Gasteiger partial charge in [0.15, 0.2) is 18.4 Å². The van der Waals surface area contributed by atoms with Crippen LogP contribution in [0.4, 0.5) is 4.79 Å². The van der Waals surface area contributed by atoms with Gasteiger partial charge in [-0.05, 0) is 0 Å². The van der Waals surface area contributed by atoms with E-state index in [4.69, 9.17) is 26.7 Å². The molecule has 1 amide bonds. The van der Waals surface area contributed by atoms with Crippen LogP contribution in [0.15, 0.2) is 4.99 Å². The van der Waals surface area contributed by atoms with Gasteiger partial charge in [0.2, 0.25) is 0 Å². The van der Waals surface area contributed by atoms with Crippen molar-refractivity contribution >= 4 is 12.1 Å². The molecule has 1 heterocycles. The Balaban J connectivity index is 2.22. The first-order chi connectivity index (χ1) is 13.5. The fraction of sp³-hybridized carbons (Fsp3) is 0.857. The normalized spacial score (nSPS) is 45.4. The molecule has 0 bridgehead atoms. The molecule has 1 saturated heterocycles. The maximum absolute atomic E-state index is 10.9. The molecule has 1 saturated carbocycles. The van der Waals surface area contributed by atoms with Gasteiger partial charge in [-0.15, -0.1) is 0 Å². The highest BCUT2D eigenvalue weighted by atomic mass is 16.7. The highest BCUT2D eigenvalue weighted by molar-refractivity contribution is 5.76. The Kier molecular flexibility index (Phi) is 7.55. The van der Waals surface area contributed by atoms with Gasteiger partial charge in [0.05, 0.1) is 6.61 Å². The number of guanidine groups is 1. The fourth-order valence-electron chi connectivity index (χ4n) is 3.28. The van der Waals surface area contributed by atoms with Gasteiger partial charge >= 0.3 is 6.09 Å². The van der Waals surface area contributed by atoms with E-state index in [2.05, 4.69) is 9.73 Å². The molecule has 1 aliphatic carbocycles. The number of primary amides is 1. The Morgan fingerprint density at radius 2 is 1.38 bits per heavy atom. The third-order valence-electron chi connectivity index (χ3n) is 4.74. The lowest BCUT2D eigenvalue weighted by molar-refractivity contribution is -0.324. The molecule has 1 aliphatic heterocycles. The summed E-state index contributed by atoms with van der Waals surface area (Å²) in [5.74, 6) is -0.486. The Labute approximate surface area is 163 Å². The zero-order valence-corrected chi connectivity index (χ0v) is 15.0. The molecule has 2 fully saturated rings. The second-order valence-corrected chi connectivity index (χ2v) is 6.72. The van der Waals surface area contributed by atoms with Crippen LogP contribution in [-0.4, -0.2) is 122 Å². The van der Waals surface area contributed by atoms with Gasteiger partial charge < -0.3 is 67.2 Å². The summed E-state index contributed by atoms with van der Waals surface area (Å²) in [4.78, 5) is 14.5. The average Bonchev–Trinajstić information content (AvgIpc) is 2.65. The molecule has 29 heavy (non-hydrogen) atoms. The number of nitrogens with zero attached hydrogens (tertiary/aromatic N) is 1. The van der Waals surface area contributed by atoms with Gasteiger partial charge in [0.1, 0.15) is 54.9 Å². The molecule has 0 radical (unpaired) electrons. The van der Waals surface area contributed by atoms with Crippen LogP contribution in [0, 0.1) is 0 Å². The van der Waals surface area contributed by atoms with E-state index >= 15 is 0 Å². The number of aliphatic imine (C=N–C) groups is 1. The molecule has 15 nitrogen and oxygen atoms in total. The molecule has 0 spiro atoms. The van der Waals surface area contributed by atoms with Crippen LogP contribution in [0.3, 0.4) is 0 Å². The van der Waals surface area contributed by atoms with Crippen LogP contribution < -0.4 is 17.2 Å². The Bertz CT molecular complexity index is 590. The van der Waals surface area contributed by atoms with Crippen molar-refractivity contribution in [2.45, 2.75) is 67.3 Å². The lowest BCUT2D eigenvalue weighted by atomic mass is 9.84. The van der Waals surface area contributed by atoms with Gasteiger partial charge in [-0.3, -0.25) is 0 Å². The van der Waals surface area contributed by atoms with E-state index in [1.807, 2.05) is 0 Å². The molecule has 0 aromatic rings. The molecule has 0 aromatic carbocycles. The summed E-state index contributed by atoms with van der Waals surface area (Å²) in [5.41, 5.74) is 15.4. The summed E-state index contributed by atoms with van der Waals surface area (Å²) in [6.07, 6.45) is -18.8. The number of carbonyl (C=O) groups excluding carboxylic acids is 1. The predicted molar refractivity (Wildman–Crippen MR) is 90.7 cm³/mol. The maximum Gasteiger partial charge on any atom is 0.404 e. The predicted octanol–water partition coefficient (Wildman–Crippen LogP) is -6.63. The van der Waals surface area contributed by atoms with E-state index in [-0.39, 0.29) is 0 Å². The minimum absolute atomic E-state index is 0.486. The number of rotatable bonds is 5. The number of nitrogens with two attached hydrogens (primary N) is 3. The second-order valence-electron chi connectivity index (χ2n) is 6.72. The molecular formula is C14H26N4O11. The van der Waals surface area contributed by atoms with E-state index in [0.717, 1.165) is 0 Å². The van der Waals surface area contributed by atoms with Crippen molar-refractivity contribution < 1.29 is 54.8 Å². The van der Waals surface area contributed by atoms with Crippen LogP contribution >= 0.6 is 0 Å². The minimum Gasteiger partial charge on any atom is -0.441 e. The monoisotopic (exact) mass is 426 g/mol. The third kappa shape index (κ3) is 4.85. The summed E-state index contributed by atoms with van der Waals surface area (Å²) in [7, 11) is 0. The fourth-order valence-corrected chi connectivity index (χ4v) is 3.28. The highest BCUT2D eigenvalue weighted by Crippen LogP contribution is 2.31. The third-order valence-corrected chi connectivity index (χ3v) is 4.74. The number of aliphatic hydroxyl groups excluding tert-OH is 7. The summed E-state index contributed by atoms with van der Waals surface area (Å²) in [6, 6.07) is -1.39. The first-order valence-corrected chi connectivity index (χ1v) is 8.54. The van der Waals surface area contributed by atoms with Crippen LogP contribution in [-0.2, 0) is 14.2 Å². The van der Waals surface area contributed by atoms with E-state index in [1.165, 1.54) is 0 Å². The lowest BCUT2D eigenvalue weighted by Gasteiger charge is -2.46. The van der Waals surface area contributed by atoms with Crippen LogP contribution in [0.2, 0.25) is 0 Å². The topological polar surface area (TPSA) is 277 Å². The first-order valence-electron chi connectivity index (χ1n) is 8.54. The van der Waals surface area contributed by atoms with Crippen molar-refractivity contribution in [1.82, 2.24) is 0 Å². The molecule has 13 N–H and O–H groups in total. The van der Waals surface area contributed by atoms with E-state index < -0.39 is 85.9 Å². The second kappa shape index (κ2) is 9.33. The Morgan fingerprint density at radius 3 is 1.83 bits per heavy atom. The number of hydrogen-bond donors (Lipinski definition) is 10. The summed E-state index contributed by atoms with van der Waals surface area (Å²) in [6.45, 7) is -0.722. The lowest BCUT2D eigenvalue weighted by Crippen LogP contribution is -2.67. The van der Waals surface area contributed by atoms with E-state index in [9.17, 15) is 40.5 Å². The standard InChI is InChI=1S/C14H26N4O11/c15-13(16)18-3-4(20)2(1-19)27-12(5(3)21)28-10-6(22)8(24)11(29-14(17)26)9(25)7(10)23/h2-12,19-25H,1H2,(H2,17,26)(H4,15,16,18)/t2-,3+,4-,5+,6-,7+,8-,9-,10?,11?,12-/m1/s1. The largest absolute Gasteiger partial charge is 0.441 e. The Morgan fingerprint density at radius 1 is 0.862 bits per heavy atom. The molecule has 0 aromatic heterocycles. The van der Waals surface area contributed by atoms with E-state index in [1.54, 1.807) is 0 Å². The zero-order valence-electron chi connectivity index (χ0n) is 15.0. The van der Waals surface area contributed by atoms with Crippen molar-refractivity contribution in [3.63, 3.8) is 0 Å². The van der Waals surface area contributed by atoms with Crippen molar-refractivity contribution in [3.05, 3.63) is 0 Å². The molecule has 2 unspecified atom stereocenters. The highest BCUT2D eigenvalue weighted by Gasteiger charge is 2.54. The van der Waals surface area contributed by atoms with E-state index in [0.29, 0.717) is 0 Å². The summed E-state index contributed by atoms with van der Waals surface area (Å²) < 4.78 is 15.0. The van der Waals surface area contributed by atoms with Crippen molar-refractivity contribution in [3.8, 4) is 0 Å².